The van der Waals surface area contributed by atoms with Crippen LogP contribution in [-0.4, -0.2) is 47.3 Å². The summed E-state index contributed by atoms with van der Waals surface area (Å²) in [4.78, 5) is 25.1. The Morgan fingerprint density at radius 1 is 0.811 bits per heavy atom. The van der Waals surface area contributed by atoms with E-state index in [-0.39, 0.29) is 125 Å². The molecule has 0 atom stereocenters. The summed E-state index contributed by atoms with van der Waals surface area (Å²) in [6.07, 6.45) is 1.36. The van der Waals surface area contributed by atoms with E-state index < -0.39 is 41.5 Å². The summed E-state index contributed by atoms with van der Waals surface area (Å²) in [5.74, 6) is -0.572. The van der Waals surface area contributed by atoms with Gasteiger partial charge in [0, 0.05) is 5.69 Å². The van der Waals surface area contributed by atoms with Crippen molar-refractivity contribution < 1.29 is 134 Å². The monoisotopic (exact) mass is 594 g/mol. The Balaban J connectivity index is 0.00000241. The molecule has 4 rings (SSSR count). The molecule has 12 nitrogen and oxygen atoms in total. The summed E-state index contributed by atoms with van der Waals surface area (Å²) in [6, 6.07) is 9.41. The number of carbonyl (C=O) groups excluding carboxylic acids is 1. The average Bonchev–Trinajstić information content (AvgIpc) is 3.23. The van der Waals surface area contributed by atoms with E-state index in [9.17, 15) is 35.5 Å². The van der Waals surface area contributed by atoms with Crippen LogP contribution >= 0.6 is 0 Å². The summed E-state index contributed by atoms with van der Waals surface area (Å²) in [6.45, 7) is 3.16. The summed E-state index contributed by atoms with van der Waals surface area (Å²) in [5.41, 5.74) is 0.939. The predicted octanol–water partition coefficient (Wildman–Crippen LogP) is -4.90. The molecule has 16 heteroatoms. The van der Waals surface area contributed by atoms with Crippen LogP contribution in [0.3, 0.4) is 0 Å². The zero-order valence-electron chi connectivity index (χ0n) is 20.1. The van der Waals surface area contributed by atoms with Crippen molar-refractivity contribution in [1.29, 1.82) is 0 Å². The molecule has 1 aromatic heterocycles. The van der Waals surface area contributed by atoms with Crippen molar-refractivity contribution in [1.82, 2.24) is 9.78 Å². The Kier molecular flexibility index (Phi) is 10.8. The van der Waals surface area contributed by atoms with Crippen LogP contribution in [0.4, 0.5) is 5.69 Å². The van der Waals surface area contributed by atoms with Gasteiger partial charge in [-0.3, -0.25) is 14.7 Å². The van der Waals surface area contributed by atoms with Gasteiger partial charge in [0.15, 0.2) is 0 Å². The van der Waals surface area contributed by atoms with Gasteiger partial charge in [0.1, 0.15) is 20.2 Å². The molecule has 0 unspecified atom stereocenters. The second-order valence-electron chi connectivity index (χ2n) is 7.55. The van der Waals surface area contributed by atoms with E-state index in [1.54, 1.807) is 13.8 Å². The SMILES string of the molecule is CC1=NN(c2ccc(S(=O)(=O)[O-])cc2)C(=O)C1=Cc1c(C)[nH]n(-c2ccc(S(=O)(=O)[O-])cc2)c1=O.[K+].[K+]. The second kappa shape index (κ2) is 12.3. The van der Waals surface area contributed by atoms with Gasteiger partial charge < -0.3 is 9.11 Å². The molecule has 0 spiro atoms. The standard InChI is InChI=1S/C21H18N4O8S2.2K/c1-12-18(20(26)24(22-12)14-3-7-16(8-4-14)34(28,29)30)11-19-13(2)23-25(21(19)27)15-5-9-17(10-6-15)35(31,32)33;;/h3-11,22H,1-2H3,(H,28,29,30)(H,31,32,33);;/q;2*+1/p-2. The number of aryl methyl sites for hydroxylation is 1. The fourth-order valence-electron chi connectivity index (χ4n) is 3.43. The molecule has 0 bridgehead atoms. The van der Waals surface area contributed by atoms with E-state index in [2.05, 4.69) is 10.2 Å². The molecule has 37 heavy (non-hydrogen) atoms. The largest absolute Gasteiger partial charge is 1.00 e. The minimum Gasteiger partial charge on any atom is -0.744 e. The van der Waals surface area contributed by atoms with Crippen LogP contribution in [0, 0.1) is 6.92 Å². The zero-order chi connectivity index (χ0) is 25.7. The molecule has 0 saturated carbocycles. The number of benzene rings is 2. The molecule has 3 aromatic rings. The van der Waals surface area contributed by atoms with Crippen molar-refractivity contribution >= 4 is 43.6 Å². The number of nitrogens with zero attached hydrogens (tertiary/aromatic N) is 3. The van der Waals surface area contributed by atoms with Gasteiger partial charge in [0.25, 0.3) is 11.5 Å². The van der Waals surface area contributed by atoms with E-state index in [0.717, 1.165) is 34.0 Å². The maximum absolute atomic E-state index is 13.0. The molecule has 0 radical (unpaired) electrons. The Bertz CT molecular complexity index is 1690. The Labute approximate surface area is 297 Å². The fourth-order valence-corrected chi connectivity index (χ4v) is 4.37. The van der Waals surface area contributed by atoms with Gasteiger partial charge in [-0.05, 0) is 68.5 Å². The van der Waals surface area contributed by atoms with Crippen LogP contribution in [0.1, 0.15) is 18.2 Å². The molecule has 0 fully saturated rings. The molecule has 182 valence electrons. The first-order valence-electron chi connectivity index (χ1n) is 9.83. The van der Waals surface area contributed by atoms with E-state index in [0.29, 0.717) is 11.4 Å². The van der Waals surface area contributed by atoms with Gasteiger partial charge in [-0.2, -0.15) is 10.1 Å². The first-order valence-corrected chi connectivity index (χ1v) is 12.6. The summed E-state index contributed by atoms with van der Waals surface area (Å²) in [5, 5.41) is 8.02. The quantitative estimate of drug-likeness (QED) is 0.173. The van der Waals surface area contributed by atoms with E-state index >= 15 is 0 Å². The van der Waals surface area contributed by atoms with Gasteiger partial charge in [-0.25, -0.2) is 21.5 Å². The van der Waals surface area contributed by atoms with Crippen LogP contribution in [0.5, 0.6) is 0 Å². The number of aromatic nitrogens is 2. The third-order valence-corrected chi connectivity index (χ3v) is 6.92. The number of hydrazone groups is 1. The fraction of sp³-hybridized carbons (Fsp3) is 0.0952. The maximum atomic E-state index is 13.0. The number of H-pyrrole nitrogens is 1. The number of nitrogens with one attached hydrogen (secondary N) is 1. The van der Waals surface area contributed by atoms with Crippen molar-refractivity contribution in [3.05, 3.63) is 75.7 Å². The topological polar surface area (TPSA) is 185 Å². The number of amides is 1. The first kappa shape index (κ1) is 32.6. The number of hydrogen-bond acceptors (Lipinski definition) is 9. The van der Waals surface area contributed by atoms with Crippen molar-refractivity contribution in [2.24, 2.45) is 5.10 Å². The van der Waals surface area contributed by atoms with Crippen molar-refractivity contribution in [3.8, 4) is 5.69 Å². The molecule has 1 amide bonds. The average molecular weight is 595 g/mol. The summed E-state index contributed by atoms with van der Waals surface area (Å²) < 4.78 is 67.9. The van der Waals surface area contributed by atoms with Crippen LogP contribution in [-0.2, 0) is 25.0 Å². The minimum atomic E-state index is -4.65. The number of rotatable bonds is 5. The van der Waals surface area contributed by atoms with E-state index in [1.165, 1.54) is 30.3 Å². The molecule has 0 aliphatic carbocycles. The van der Waals surface area contributed by atoms with Gasteiger partial charge in [0.2, 0.25) is 0 Å². The van der Waals surface area contributed by atoms with Crippen molar-refractivity contribution in [2.75, 3.05) is 5.01 Å². The van der Waals surface area contributed by atoms with Gasteiger partial charge >= 0.3 is 103 Å². The molecule has 2 aromatic carbocycles. The Morgan fingerprint density at radius 3 is 1.73 bits per heavy atom. The zero-order valence-corrected chi connectivity index (χ0v) is 28.0. The van der Waals surface area contributed by atoms with Gasteiger partial charge in [0.05, 0.1) is 38.0 Å². The number of anilines is 1. The molecule has 1 aliphatic rings. The van der Waals surface area contributed by atoms with Crippen molar-refractivity contribution in [3.63, 3.8) is 0 Å². The minimum absolute atomic E-state index is 0. The summed E-state index contributed by atoms with van der Waals surface area (Å²) in [7, 11) is -9.28. The molecular formula is C21H16K2N4O8S2. The molecule has 1 aliphatic heterocycles. The maximum Gasteiger partial charge on any atom is 1.00 e. The van der Waals surface area contributed by atoms with Crippen LogP contribution in [0.15, 0.2) is 73.8 Å². The van der Waals surface area contributed by atoms with E-state index in [1.807, 2.05) is 0 Å². The molecule has 1 N–H and O–H groups in total. The van der Waals surface area contributed by atoms with Gasteiger partial charge in [-0.1, -0.05) is 0 Å². The third kappa shape index (κ3) is 6.96. The first-order chi connectivity index (χ1) is 16.3. The molecular weight excluding hydrogens is 579 g/mol. The Morgan fingerprint density at radius 2 is 1.27 bits per heavy atom. The number of aromatic amines is 1. The second-order valence-corrected chi connectivity index (χ2v) is 10.3. The predicted molar refractivity (Wildman–Crippen MR) is 122 cm³/mol. The van der Waals surface area contributed by atoms with E-state index in [4.69, 9.17) is 0 Å². The molecule has 2 heterocycles. The molecule has 0 saturated heterocycles. The third-order valence-electron chi connectivity index (χ3n) is 5.22. The normalized spacial score (nSPS) is 14.8. The Hall–Kier alpha value is -0.577. The summed E-state index contributed by atoms with van der Waals surface area (Å²) >= 11 is 0. The smallest absolute Gasteiger partial charge is 0.744 e. The van der Waals surface area contributed by atoms with Crippen molar-refractivity contribution in [2.45, 2.75) is 23.6 Å². The number of carbonyl (C=O) groups is 1. The van der Waals surface area contributed by atoms with Crippen LogP contribution in [0.25, 0.3) is 11.8 Å². The van der Waals surface area contributed by atoms with Crippen LogP contribution < -0.4 is 113 Å². The number of hydrogen-bond donors (Lipinski definition) is 1. The van der Waals surface area contributed by atoms with Crippen LogP contribution in [0.2, 0.25) is 0 Å². The van der Waals surface area contributed by atoms with Gasteiger partial charge in [-0.15, -0.1) is 0 Å².